The lowest BCUT2D eigenvalue weighted by molar-refractivity contribution is -0.126. The minimum absolute atomic E-state index is 0.00424. The normalized spacial score (nSPS) is 27.5. The molecule has 1 amide bonds. The molecule has 88 valence electrons. The van der Waals surface area contributed by atoms with Gasteiger partial charge in [0.1, 0.15) is 0 Å². The van der Waals surface area contributed by atoms with Gasteiger partial charge >= 0.3 is 0 Å². The van der Waals surface area contributed by atoms with E-state index in [-0.39, 0.29) is 17.5 Å². The molecule has 0 saturated carbocycles. The van der Waals surface area contributed by atoms with Crippen LogP contribution in [0.5, 0.6) is 0 Å². The first kappa shape index (κ1) is 12.5. The van der Waals surface area contributed by atoms with E-state index >= 15 is 0 Å². The zero-order chi connectivity index (χ0) is 11.5. The number of hydrogen-bond donors (Lipinski definition) is 2. The Labute approximate surface area is 93.0 Å². The lowest BCUT2D eigenvalue weighted by atomic mass is 9.91. The summed E-state index contributed by atoms with van der Waals surface area (Å²) in [5.41, 5.74) is -0.0874. The van der Waals surface area contributed by atoms with Crippen molar-refractivity contribution in [3.8, 4) is 0 Å². The molecule has 2 N–H and O–H groups in total. The number of amides is 1. The summed E-state index contributed by atoms with van der Waals surface area (Å²) in [6.45, 7) is 9.35. The molecule has 1 saturated heterocycles. The van der Waals surface area contributed by atoms with E-state index in [4.69, 9.17) is 0 Å². The Morgan fingerprint density at radius 3 is 2.73 bits per heavy atom. The van der Waals surface area contributed by atoms with Crippen LogP contribution in [-0.2, 0) is 4.79 Å². The Morgan fingerprint density at radius 1 is 1.53 bits per heavy atom. The maximum Gasteiger partial charge on any atom is 0.237 e. The van der Waals surface area contributed by atoms with E-state index in [1.54, 1.807) is 0 Å². The fourth-order valence-corrected chi connectivity index (χ4v) is 1.90. The SMILES string of the molecule is CCC(C)(C)NC(=O)C1NCCCC1C. The molecule has 1 rings (SSSR count). The van der Waals surface area contributed by atoms with Gasteiger partial charge in [-0.05, 0) is 45.6 Å². The van der Waals surface area contributed by atoms with Gasteiger partial charge < -0.3 is 10.6 Å². The molecule has 0 aromatic carbocycles. The van der Waals surface area contributed by atoms with Crippen molar-refractivity contribution in [2.45, 2.75) is 58.5 Å². The van der Waals surface area contributed by atoms with E-state index in [2.05, 4.69) is 38.3 Å². The Bertz CT molecular complexity index is 226. The van der Waals surface area contributed by atoms with Crippen LogP contribution in [-0.4, -0.2) is 24.0 Å². The van der Waals surface area contributed by atoms with Gasteiger partial charge in [-0.25, -0.2) is 0 Å². The Morgan fingerprint density at radius 2 is 2.20 bits per heavy atom. The quantitative estimate of drug-likeness (QED) is 0.747. The predicted molar refractivity (Wildman–Crippen MR) is 62.7 cm³/mol. The molecular formula is C12H24N2O. The van der Waals surface area contributed by atoms with Gasteiger partial charge in [0.05, 0.1) is 6.04 Å². The van der Waals surface area contributed by atoms with Crippen LogP contribution in [0.4, 0.5) is 0 Å². The van der Waals surface area contributed by atoms with Gasteiger partial charge in [-0.2, -0.15) is 0 Å². The highest BCUT2D eigenvalue weighted by Gasteiger charge is 2.30. The van der Waals surface area contributed by atoms with Gasteiger partial charge in [-0.15, -0.1) is 0 Å². The van der Waals surface area contributed by atoms with Crippen LogP contribution >= 0.6 is 0 Å². The van der Waals surface area contributed by atoms with Crippen molar-refractivity contribution in [3.05, 3.63) is 0 Å². The maximum atomic E-state index is 12.0. The van der Waals surface area contributed by atoms with Gasteiger partial charge in [0, 0.05) is 5.54 Å². The molecule has 15 heavy (non-hydrogen) atoms. The van der Waals surface area contributed by atoms with Crippen LogP contribution in [0.3, 0.4) is 0 Å². The molecule has 1 aliphatic rings. The molecule has 3 nitrogen and oxygen atoms in total. The number of hydrogen-bond acceptors (Lipinski definition) is 2. The summed E-state index contributed by atoms with van der Waals surface area (Å²) in [6.07, 6.45) is 3.29. The van der Waals surface area contributed by atoms with E-state index in [0.717, 1.165) is 19.4 Å². The lowest BCUT2D eigenvalue weighted by Crippen LogP contribution is -2.55. The average molecular weight is 212 g/mol. The van der Waals surface area contributed by atoms with Crippen LogP contribution in [0.1, 0.15) is 47.0 Å². The molecule has 3 heteroatoms. The monoisotopic (exact) mass is 212 g/mol. The van der Waals surface area contributed by atoms with Gasteiger partial charge in [0.15, 0.2) is 0 Å². The summed E-state index contributed by atoms with van der Waals surface area (Å²) in [5.74, 6) is 0.612. The van der Waals surface area contributed by atoms with Gasteiger partial charge in [-0.1, -0.05) is 13.8 Å². The largest absolute Gasteiger partial charge is 0.350 e. The zero-order valence-electron chi connectivity index (χ0n) is 10.4. The Kier molecular flexibility index (Phi) is 4.14. The number of rotatable bonds is 3. The first-order valence-corrected chi connectivity index (χ1v) is 6.01. The molecule has 1 heterocycles. The van der Waals surface area contributed by atoms with Crippen LogP contribution in [0.2, 0.25) is 0 Å². The summed E-state index contributed by atoms with van der Waals surface area (Å²) in [4.78, 5) is 12.0. The van der Waals surface area contributed by atoms with Crippen molar-refractivity contribution in [2.75, 3.05) is 6.54 Å². The third kappa shape index (κ3) is 3.49. The van der Waals surface area contributed by atoms with Crippen molar-refractivity contribution in [1.29, 1.82) is 0 Å². The minimum Gasteiger partial charge on any atom is -0.350 e. The van der Waals surface area contributed by atoms with Crippen LogP contribution < -0.4 is 10.6 Å². The van der Waals surface area contributed by atoms with E-state index in [9.17, 15) is 4.79 Å². The van der Waals surface area contributed by atoms with E-state index in [1.165, 1.54) is 6.42 Å². The number of nitrogens with one attached hydrogen (secondary N) is 2. The fourth-order valence-electron chi connectivity index (χ4n) is 1.90. The number of carbonyl (C=O) groups is 1. The zero-order valence-corrected chi connectivity index (χ0v) is 10.4. The van der Waals surface area contributed by atoms with Gasteiger partial charge in [0.2, 0.25) is 5.91 Å². The summed E-state index contributed by atoms with van der Waals surface area (Å²) in [7, 11) is 0. The second kappa shape index (κ2) is 4.97. The second-order valence-corrected chi connectivity index (χ2v) is 5.28. The summed E-state index contributed by atoms with van der Waals surface area (Å²) >= 11 is 0. The predicted octanol–water partition coefficient (Wildman–Crippen LogP) is 1.68. The van der Waals surface area contributed by atoms with Crippen molar-refractivity contribution < 1.29 is 4.79 Å². The van der Waals surface area contributed by atoms with E-state index in [1.807, 2.05) is 0 Å². The molecule has 2 unspecified atom stereocenters. The average Bonchev–Trinajstić information content (AvgIpc) is 2.17. The molecule has 0 spiro atoms. The molecule has 0 aromatic heterocycles. The fraction of sp³-hybridized carbons (Fsp3) is 0.917. The summed E-state index contributed by atoms with van der Waals surface area (Å²) in [5, 5.41) is 6.41. The topological polar surface area (TPSA) is 41.1 Å². The Hall–Kier alpha value is -0.570. The third-order valence-electron chi connectivity index (χ3n) is 3.40. The molecule has 0 radical (unpaired) electrons. The molecule has 2 atom stereocenters. The molecule has 1 aliphatic heterocycles. The van der Waals surface area contributed by atoms with E-state index < -0.39 is 0 Å². The highest BCUT2D eigenvalue weighted by molar-refractivity contribution is 5.82. The lowest BCUT2D eigenvalue weighted by Gasteiger charge is -2.33. The summed E-state index contributed by atoms with van der Waals surface area (Å²) < 4.78 is 0. The first-order valence-electron chi connectivity index (χ1n) is 6.01. The molecule has 0 aliphatic carbocycles. The van der Waals surface area contributed by atoms with Gasteiger partial charge in [0.25, 0.3) is 0 Å². The maximum absolute atomic E-state index is 12.0. The molecule has 0 aromatic rings. The second-order valence-electron chi connectivity index (χ2n) is 5.28. The smallest absolute Gasteiger partial charge is 0.237 e. The van der Waals surface area contributed by atoms with Crippen LogP contribution in [0.15, 0.2) is 0 Å². The van der Waals surface area contributed by atoms with Crippen molar-refractivity contribution in [1.82, 2.24) is 10.6 Å². The number of piperidine rings is 1. The highest BCUT2D eigenvalue weighted by atomic mass is 16.2. The third-order valence-corrected chi connectivity index (χ3v) is 3.40. The van der Waals surface area contributed by atoms with Crippen LogP contribution in [0, 0.1) is 5.92 Å². The van der Waals surface area contributed by atoms with Crippen LogP contribution in [0.25, 0.3) is 0 Å². The standard InChI is InChI=1S/C12H24N2O/c1-5-12(3,4)14-11(15)10-9(2)7-6-8-13-10/h9-10,13H,5-8H2,1-4H3,(H,14,15). The first-order chi connectivity index (χ1) is 6.96. The van der Waals surface area contributed by atoms with E-state index in [0.29, 0.717) is 5.92 Å². The molecular weight excluding hydrogens is 188 g/mol. The van der Waals surface area contributed by atoms with Crippen molar-refractivity contribution in [3.63, 3.8) is 0 Å². The summed E-state index contributed by atoms with van der Waals surface area (Å²) in [6, 6.07) is 0.00424. The van der Waals surface area contributed by atoms with Crippen molar-refractivity contribution in [2.24, 2.45) is 5.92 Å². The molecule has 1 fully saturated rings. The minimum atomic E-state index is -0.0874. The molecule has 0 bridgehead atoms. The highest BCUT2D eigenvalue weighted by Crippen LogP contribution is 2.17. The van der Waals surface area contributed by atoms with Gasteiger partial charge in [-0.3, -0.25) is 4.79 Å². The van der Waals surface area contributed by atoms with Crippen molar-refractivity contribution >= 4 is 5.91 Å². The Balaban J connectivity index is 2.52. The number of carbonyl (C=O) groups excluding carboxylic acids is 1.